The van der Waals surface area contributed by atoms with Crippen LogP contribution in [0, 0.1) is 0 Å². The minimum absolute atomic E-state index is 0.168. The van der Waals surface area contributed by atoms with E-state index in [-0.39, 0.29) is 5.91 Å². The summed E-state index contributed by atoms with van der Waals surface area (Å²) < 4.78 is 21.5. The van der Waals surface area contributed by atoms with Gasteiger partial charge in [0.05, 0.1) is 20.3 Å². The van der Waals surface area contributed by atoms with E-state index in [1.807, 2.05) is 24.3 Å². The molecule has 0 aliphatic rings. The highest BCUT2D eigenvalue weighted by Crippen LogP contribution is 2.28. The molecule has 6 heteroatoms. The Kier molecular flexibility index (Phi) is 9.15. The largest absolute Gasteiger partial charge is 0.493 e. The van der Waals surface area contributed by atoms with Crippen LogP contribution in [0.15, 0.2) is 42.5 Å². The molecule has 0 aromatic heterocycles. The smallest absolute Gasteiger partial charge is 0.251 e. The third-order valence-electron chi connectivity index (χ3n) is 4.11. The summed E-state index contributed by atoms with van der Waals surface area (Å²) in [5.74, 6) is 1.81. The number of carbonyl (C=O) groups excluding carboxylic acids is 1. The third kappa shape index (κ3) is 6.78. The molecule has 2 rings (SSSR count). The fourth-order valence-corrected chi connectivity index (χ4v) is 2.49. The maximum atomic E-state index is 12.5. The molecule has 0 saturated heterocycles. The Hall–Kier alpha value is -2.73. The first-order valence-corrected chi connectivity index (χ1v) is 9.47. The second-order valence-electron chi connectivity index (χ2n) is 6.24. The van der Waals surface area contributed by atoms with Gasteiger partial charge in [-0.15, -0.1) is 0 Å². The number of benzene rings is 2. The standard InChI is InChI=1S/C22H29NO5/c1-4-5-12-28-20-11-8-18(15-21(20)26-3)22(24)23-16-17-6-9-19(10-7-17)27-14-13-25-2/h6-11,15H,4-5,12-14,16H2,1-3H3,(H,23,24). The molecule has 0 aliphatic carbocycles. The molecule has 0 fully saturated rings. The van der Waals surface area contributed by atoms with E-state index in [1.165, 1.54) is 0 Å². The Labute approximate surface area is 166 Å². The summed E-state index contributed by atoms with van der Waals surface area (Å²) in [4.78, 5) is 12.5. The minimum Gasteiger partial charge on any atom is -0.493 e. The van der Waals surface area contributed by atoms with Crippen LogP contribution in [0.4, 0.5) is 0 Å². The van der Waals surface area contributed by atoms with Crippen molar-refractivity contribution in [3.63, 3.8) is 0 Å². The van der Waals surface area contributed by atoms with Crippen molar-refractivity contribution in [3.8, 4) is 17.2 Å². The third-order valence-corrected chi connectivity index (χ3v) is 4.11. The molecule has 0 bridgehead atoms. The van der Waals surface area contributed by atoms with Crippen LogP contribution in [0.5, 0.6) is 17.2 Å². The number of hydrogen-bond donors (Lipinski definition) is 1. The van der Waals surface area contributed by atoms with Crippen LogP contribution in [-0.4, -0.2) is 39.9 Å². The lowest BCUT2D eigenvalue weighted by atomic mass is 10.1. The molecule has 28 heavy (non-hydrogen) atoms. The summed E-state index contributed by atoms with van der Waals surface area (Å²) in [6.07, 6.45) is 2.03. The molecule has 2 aromatic carbocycles. The first-order valence-electron chi connectivity index (χ1n) is 9.47. The average Bonchev–Trinajstić information content (AvgIpc) is 2.73. The van der Waals surface area contributed by atoms with Crippen LogP contribution < -0.4 is 19.5 Å². The van der Waals surface area contributed by atoms with Gasteiger partial charge in [-0.3, -0.25) is 4.79 Å². The van der Waals surface area contributed by atoms with E-state index in [0.717, 1.165) is 24.2 Å². The molecule has 1 N–H and O–H groups in total. The molecule has 2 aromatic rings. The van der Waals surface area contributed by atoms with Crippen molar-refractivity contribution in [1.82, 2.24) is 5.32 Å². The van der Waals surface area contributed by atoms with Crippen LogP contribution in [0.1, 0.15) is 35.7 Å². The molecule has 1 amide bonds. The summed E-state index contributed by atoms with van der Waals surface area (Å²) in [5, 5.41) is 2.91. The normalized spacial score (nSPS) is 10.4. The molecule has 0 atom stereocenters. The van der Waals surface area contributed by atoms with Crippen molar-refractivity contribution in [2.45, 2.75) is 26.3 Å². The van der Waals surface area contributed by atoms with E-state index < -0.39 is 0 Å². The van der Waals surface area contributed by atoms with Gasteiger partial charge in [0.15, 0.2) is 11.5 Å². The quantitative estimate of drug-likeness (QED) is 0.561. The number of carbonyl (C=O) groups is 1. The number of rotatable bonds is 12. The van der Waals surface area contributed by atoms with Crippen LogP contribution in [0.3, 0.4) is 0 Å². The Morgan fingerprint density at radius 1 is 0.929 bits per heavy atom. The van der Waals surface area contributed by atoms with E-state index in [2.05, 4.69) is 12.2 Å². The van der Waals surface area contributed by atoms with Gasteiger partial charge in [0.2, 0.25) is 0 Å². The number of ether oxygens (including phenoxy) is 4. The fraction of sp³-hybridized carbons (Fsp3) is 0.409. The van der Waals surface area contributed by atoms with E-state index >= 15 is 0 Å². The van der Waals surface area contributed by atoms with Crippen molar-refractivity contribution in [2.75, 3.05) is 34.0 Å². The van der Waals surface area contributed by atoms with Crippen molar-refractivity contribution in [3.05, 3.63) is 53.6 Å². The highest BCUT2D eigenvalue weighted by molar-refractivity contribution is 5.94. The molecular weight excluding hydrogens is 358 g/mol. The molecule has 152 valence electrons. The van der Waals surface area contributed by atoms with E-state index in [0.29, 0.717) is 43.4 Å². The molecule has 0 saturated carbocycles. The lowest BCUT2D eigenvalue weighted by Crippen LogP contribution is -2.22. The van der Waals surface area contributed by atoms with Gasteiger partial charge in [-0.05, 0) is 42.3 Å². The van der Waals surface area contributed by atoms with Gasteiger partial charge in [0.1, 0.15) is 12.4 Å². The van der Waals surface area contributed by atoms with Crippen molar-refractivity contribution < 1.29 is 23.7 Å². The van der Waals surface area contributed by atoms with Crippen LogP contribution >= 0.6 is 0 Å². The number of nitrogens with one attached hydrogen (secondary N) is 1. The monoisotopic (exact) mass is 387 g/mol. The zero-order valence-corrected chi connectivity index (χ0v) is 16.8. The lowest BCUT2D eigenvalue weighted by Gasteiger charge is -2.12. The Balaban J connectivity index is 1.90. The van der Waals surface area contributed by atoms with Crippen LogP contribution in [-0.2, 0) is 11.3 Å². The highest BCUT2D eigenvalue weighted by Gasteiger charge is 2.11. The number of hydrogen-bond acceptors (Lipinski definition) is 5. The van der Waals surface area contributed by atoms with E-state index in [4.69, 9.17) is 18.9 Å². The molecule has 0 heterocycles. The summed E-state index contributed by atoms with van der Waals surface area (Å²) in [6.45, 7) is 4.21. The second-order valence-corrected chi connectivity index (χ2v) is 6.24. The SMILES string of the molecule is CCCCOc1ccc(C(=O)NCc2ccc(OCCOC)cc2)cc1OC. The number of unbranched alkanes of at least 4 members (excludes halogenated alkanes) is 1. The van der Waals surface area contributed by atoms with Gasteiger partial charge in [-0.2, -0.15) is 0 Å². The predicted molar refractivity (Wildman–Crippen MR) is 108 cm³/mol. The van der Waals surface area contributed by atoms with Crippen LogP contribution in [0.2, 0.25) is 0 Å². The van der Waals surface area contributed by atoms with Gasteiger partial charge >= 0.3 is 0 Å². The van der Waals surface area contributed by atoms with Gasteiger partial charge in [0, 0.05) is 19.2 Å². The highest BCUT2D eigenvalue weighted by atomic mass is 16.5. The summed E-state index contributed by atoms with van der Waals surface area (Å²) >= 11 is 0. The zero-order valence-electron chi connectivity index (χ0n) is 16.8. The second kappa shape index (κ2) is 11.9. The molecular formula is C22H29NO5. The van der Waals surface area contributed by atoms with Crippen molar-refractivity contribution >= 4 is 5.91 Å². The minimum atomic E-state index is -0.168. The van der Waals surface area contributed by atoms with Crippen LogP contribution in [0.25, 0.3) is 0 Å². The average molecular weight is 387 g/mol. The number of methoxy groups -OCH3 is 2. The predicted octanol–water partition coefficient (Wildman–Crippen LogP) is 3.83. The summed E-state index contributed by atoms with van der Waals surface area (Å²) in [5.41, 5.74) is 1.51. The van der Waals surface area contributed by atoms with Gasteiger partial charge in [-0.1, -0.05) is 25.5 Å². The zero-order chi connectivity index (χ0) is 20.2. The molecule has 6 nitrogen and oxygen atoms in total. The first-order chi connectivity index (χ1) is 13.7. The molecule has 0 aliphatic heterocycles. The van der Waals surface area contributed by atoms with Crippen molar-refractivity contribution in [2.24, 2.45) is 0 Å². The Morgan fingerprint density at radius 2 is 1.71 bits per heavy atom. The van der Waals surface area contributed by atoms with E-state index in [1.54, 1.807) is 32.4 Å². The van der Waals surface area contributed by atoms with Gasteiger partial charge in [0.25, 0.3) is 5.91 Å². The maximum Gasteiger partial charge on any atom is 0.251 e. The summed E-state index contributed by atoms with van der Waals surface area (Å²) in [6, 6.07) is 12.8. The van der Waals surface area contributed by atoms with E-state index in [9.17, 15) is 4.79 Å². The topological polar surface area (TPSA) is 66.0 Å². The van der Waals surface area contributed by atoms with Gasteiger partial charge < -0.3 is 24.3 Å². The molecule has 0 radical (unpaired) electrons. The Bertz CT molecular complexity index is 730. The Morgan fingerprint density at radius 3 is 2.39 bits per heavy atom. The van der Waals surface area contributed by atoms with Gasteiger partial charge in [-0.25, -0.2) is 0 Å². The molecule has 0 spiro atoms. The first kappa shape index (κ1) is 21.6. The lowest BCUT2D eigenvalue weighted by molar-refractivity contribution is 0.0950. The van der Waals surface area contributed by atoms with Crippen molar-refractivity contribution in [1.29, 1.82) is 0 Å². The molecule has 0 unspecified atom stereocenters. The summed E-state index contributed by atoms with van der Waals surface area (Å²) in [7, 11) is 3.21. The maximum absolute atomic E-state index is 12.5. The fourth-order valence-electron chi connectivity index (χ4n) is 2.49. The number of amides is 1.